The van der Waals surface area contributed by atoms with Gasteiger partial charge >= 0.3 is 0 Å². The Bertz CT molecular complexity index is 1010. The van der Waals surface area contributed by atoms with Crippen molar-refractivity contribution in [3.05, 3.63) is 59.2 Å². The second-order valence-corrected chi connectivity index (χ2v) is 9.47. The smallest absolute Gasteiger partial charge is 0.261 e. The third-order valence-corrected chi connectivity index (χ3v) is 7.18. The van der Waals surface area contributed by atoms with Gasteiger partial charge in [0, 0.05) is 31.7 Å². The van der Waals surface area contributed by atoms with Gasteiger partial charge in [0.2, 0.25) is 0 Å². The summed E-state index contributed by atoms with van der Waals surface area (Å²) in [5.74, 6) is 0.914. The van der Waals surface area contributed by atoms with Gasteiger partial charge in [0.05, 0.1) is 10.6 Å². The maximum Gasteiger partial charge on any atom is 0.261 e. The minimum absolute atomic E-state index is 0.0835. The Hall–Kier alpha value is -2.38. The molecule has 2 aliphatic rings. The number of amides is 1. The molecular formula is C21H25N3O3S. The van der Waals surface area contributed by atoms with Gasteiger partial charge in [-0.2, -0.15) is 0 Å². The number of hydrogen-bond donors (Lipinski definition) is 2. The summed E-state index contributed by atoms with van der Waals surface area (Å²) in [5.41, 5.74) is 2.62. The van der Waals surface area contributed by atoms with E-state index in [0.29, 0.717) is 23.1 Å². The van der Waals surface area contributed by atoms with Crippen LogP contribution in [0.25, 0.3) is 0 Å². The Morgan fingerprint density at radius 1 is 1.04 bits per heavy atom. The largest absolute Gasteiger partial charge is 0.338 e. The van der Waals surface area contributed by atoms with Gasteiger partial charge in [-0.15, -0.1) is 0 Å². The summed E-state index contributed by atoms with van der Waals surface area (Å²) in [6.07, 6.45) is 0. The number of nitrogens with one attached hydrogen (secondary N) is 2. The normalized spacial score (nSPS) is 21.6. The lowest BCUT2D eigenvalue weighted by Crippen LogP contribution is -2.32. The maximum absolute atomic E-state index is 13.1. The first-order valence-electron chi connectivity index (χ1n) is 9.54. The number of sulfonamides is 1. The second kappa shape index (κ2) is 7.22. The van der Waals surface area contributed by atoms with Crippen LogP contribution in [0.15, 0.2) is 47.4 Å². The van der Waals surface area contributed by atoms with E-state index < -0.39 is 10.0 Å². The second-order valence-electron chi connectivity index (χ2n) is 7.79. The minimum Gasteiger partial charge on any atom is -0.338 e. The van der Waals surface area contributed by atoms with E-state index >= 15 is 0 Å². The maximum atomic E-state index is 13.1. The molecule has 4 rings (SSSR count). The molecule has 0 bridgehead atoms. The van der Waals surface area contributed by atoms with Crippen LogP contribution in [0.1, 0.15) is 21.5 Å². The van der Waals surface area contributed by atoms with Crippen LogP contribution in [0.2, 0.25) is 0 Å². The molecule has 1 amide bonds. The van der Waals surface area contributed by atoms with Crippen LogP contribution in [0.3, 0.4) is 0 Å². The topological polar surface area (TPSA) is 78.5 Å². The van der Waals surface area contributed by atoms with Crippen molar-refractivity contribution in [1.82, 2.24) is 10.2 Å². The summed E-state index contributed by atoms with van der Waals surface area (Å²) >= 11 is 0. The molecule has 2 N–H and O–H groups in total. The van der Waals surface area contributed by atoms with Crippen molar-refractivity contribution in [2.24, 2.45) is 11.8 Å². The standard InChI is InChI=1S/C21H25N3O3S/c1-14-7-8-18(28(26,27)23-20-6-4-3-5-15(20)2)9-19(14)21(25)24-12-16-10-22-11-17(16)13-24/h3-9,16-17,22-23H,10-13H2,1-2H3/t16-,17+. The summed E-state index contributed by atoms with van der Waals surface area (Å²) in [7, 11) is -3.78. The van der Waals surface area contributed by atoms with Crippen LogP contribution < -0.4 is 10.0 Å². The molecule has 2 fully saturated rings. The van der Waals surface area contributed by atoms with Gasteiger partial charge in [-0.1, -0.05) is 24.3 Å². The van der Waals surface area contributed by atoms with Gasteiger partial charge in [0.15, 0.2) is 0 Å². The van der Waals surface area contributed by atoms with Crippen molar-refractivity contribution < 1.29 is 13.2 Å². The van der Waals surface area contributed by atoms with Crippen molar-refractivity contribution in [3.8, 4) is 0 Å². The zero-order chi connectivity index (χ0) is 19.9. The fraction of sp³-hybridized carbons (Fsp3) is 0.381. The molecule has 148 valence electrons. The number of anilines is 1. The van der Waals surface area contributed by atoms with Gasteiger partial charge in [0.1, 0.15) is 0 Å². The number of likely N-dealkylation sites (tertiary alicyclic amines) is 1. The first kappa shape index (κ1) is 19.0. The summed E-state index contributed by atoms with van der Waals surface area (Å²) in [6, 6.07) is 12.0. The average Bonchev–Trinajstić information content (AvgIpc) is 3.25. The van der Waals surface area contributed by atoms with Crippen LogP contribution in [0.5, 0.6) is 0 Å². The van der Waals surface area contributed by atoms with E-state index in [1.807, 2.05) is 30.9 Å². The van der Waals surface area contributed by atoms with E-state index in [0.717, 1.165) is 37.3 Å². The Labute approximate surface area is 166 Å². The molecule has 6 nitrogen and oxygen atoms in total. The molecule has 0 aliphatic carbocycles. The third-order valence-electron chi connectivity index (χ3n) is 5.82. The lowest BCUT2D eigenvalue weighted by molar-refractivity contribution is 0.0780. The highest BCUT2D eigenvalue weighted by atomic mass is 32.2. The molecule has 7 heteroatoms. The first-order valence-corrected chi connectivity index (χ1v) is 11.0. The predicted molar refractivity (Wildman–Crippen MR) is 109 cm³/mol. The zero-order valence-corrected chi connectivity index (χ0v) is 16.9. The van der Waals surface area contributed by atoms with E-state index in [-0.39, 0.29) is 10.8 Å². The molecule has 0 aromatic heterocycles. The van der Waals surface area contributed by atoms with Gasteiger partial charge in [0.25, 0.3) is 15.9 Å². The monoisotopic (exact) mass is 399 g/mol. The molecule has 0 saturated carbocycles. The number of fused-ring (bicyclic) bond motifs is 1. The van der Waals surface area contributed by atoms with E-state index in [1.54, 1.807) is 24.3 Å². The number of nitrogens with zero attached hydrogens (tertiary/aromatic N) is 1. The number of hydrogen-bond acceptors (Lipinski definition) is 4. The molecule has 2 aliphatic heterocycles. The Kier molecular flexibility index (Phi) is 4.89. The lowest BCUT2D eigenvalue weighted by atomic mass is 10.0. The van der Waals surface area contributed by atoms with Crippen LogP contribution in [0, 0.1) is 25.7 Å². The highest BCUT2D eigenvalue weighted by Gasteiger charge is 2.38. The number of benzene rings is 2. The number of rotatable bonds is 4. The zero-order valence-electron chi connectivity index (χ0n) is 16.1. The molecule has 2 heterocycles. The fourth-order valence-corrected chi connectivity index (χ4v) is 5.24. The highest BCUT2D eigenvalue weighted by molar-refractivity contribution is 7.92. The van der Waals surface area contributed by atoms with Crippen LogP contribution in [-0.2, 0) is 10.0 Å². The SMILES string of the molecule is Cc1ccccc1NS(=O)(=O)c1ccc(C)c(C(=O)N2C[C@H]3CNC[C@H]3C2)c1. The Morgan fingerprint density at radius 2 is 1.71 bits per heavy atom. The fourth-order valence-electron chi connectivity index (χ4n) is 4.08. The van der Waals surface area contributed by atoms with Gasteiger partial charge in [-0.25, -0.2) is 8.42 Å². The minimum atomic E-state index is -3.78. The van der Waals surface area contributed by atoms with Crippen LogP contribution in [-0.4, -0.2) is 45.4 Å². The highest BCUT2D eigenvalue weighted by Crippen LogP contribution is 2.29. The van der Waals surface area contributed by atoms with E-state index in [1.165, 1.54) is 6.07 Å². The molecule has 0 radical (unpaired) electrons. The van der Waals surface area contributed by atoms with Crippen molar-refractivity contribution in [3.63, 3.8) is 0 Å². The predicted octanol–water partition coefficient (Wildman–Crippen LogP) is 2.40. The van der Waals surface area contributed by atoms with E-state index in [4.69, 9.17) is 0 Å². The molecule has 2 saturated heterocycles. The summed E-state index contributed by atoms with van der Waals surface area (Å²) < 4.78 is 28.4. The lowest BCUT2D eigenvalue weighted by Gasteiger charge is -2.19. The molecule has 2 aromatic rings. The van der Waals surface area contributed by atoms with Crippen LogP contribution >= 0.6 is 0 Å². The summed E-state index contributed by atoms with van der Waals surface area (Å²) in [5, 5.41) is 3.37. The quantitative estimate of drug-likeness (QED) is 0.828. The van der Waals surface area contributed by atoms with Crippen molar-refractivity contribution in [2.45, 2.75) is 18.7 Å². The van der Waals surface area contributed by atoms with Crippen molar-refractivity contribution >= 4 is 21.6 Å². The number of para-hydroxylation sites is 1. The van der Waals surface area contributed by atoms with Gasteiger partial charge in [-0.3, -0.25) is 9.52 Å². The van der Waals surface area contributed by atoms with E-state index in [9.17, 15) is 13.2 Å². The molecule has 2 aromatic carbocycles. The van der Waals surface area contributed by atoms with Crippen LogP contribution in [0.4, 0.5) is 5.69 Å². The average molecular weight is 400 g/mol. The molecule has 28 heavy (non-hydrogen) atoms. The molecule has 0 spiro atoms. The Balaban J connectivity index is 1.60. The first-order chi connectivity index (χ1) is 13.3. The van der Waals surface area contributed by atoms with Gasteiger partial charge < -0.3 is 10.2 Å². The Morgan fingerprint density at radius 3 is 2.39 bits per heavy atom. The van der Waals surface area contributed by atoms with Crippen molar-refractivity contribution in [1.29, 1.82) is 0 Å². The number of carbonyl (C=O) groups excluding carboxylic acids is 1. The van der Waals surface area contributed by atoms with Crippen molar-refractivity contribution in [2.75, 3.05) is 30.9 Å². The third kappa shape index (κ3) is 3.52. The summed E-state index contributed by atoms with van der Waals surface area (Å²) in [4.78, 5) is 15.0. The summed E-state index contributed by atoms with van der Waals surface area (Å²) in [6.45, 7) is 7.05. The number of carbonyl (C=O) groups is 1. The number of aryl methyl sites for hydroxylation is 2. The molecule has 2 atom stereocenters. The van der Waals surface area contributed by atoms with E-state index in [2.05, 4.69) is 10.0 Å². The molecule has 0 unspecified atom stereocenters. The molecular weight excluding hydrogens is 374 g/mol. The van der Waals surface area contributed by atoms with Gasteiger partial charge in [-0.05, 0) is 55.0 Å².